The SMILES string of the molecule is CCC(C)NC(=O)CN1CCN(c2ccc(N)cc2)CC1. The lowest BCUT2D eigenvalue weighted by Crippen LogP contribution is -2.50. The van der Waals surface area contributed by atoms with Crippen LogP contribution in [0.2, 0.25) is 0 Å². The van der Waals surface area contributed by atoms with Crippen LogP contribution in [0.15, 0.2) is 24.3 Å². The lowest BCUT2D eigenvalue weighted by Gasteiger charge is -2.35. The number of nitrogen functional groups attached to an aromatic ring is 1. The second-order valence-electron chi connectivity index (χ2n) is 5.73. The van der Waals surface area contributed by atoms with E-state index in [-0.39, 0.29) is 11.9 Å². The number of carbonyl (C=O) groups is 1. The summed E-state index contributed by atoms with van der Waals surface area (Å²) in [7, 11) is 0. The van der Waals surface area contributed by atoms with Crippen molar-refractivity contribution in [1.82, 2.24) is 10.2 Å². The minimum Gasteiger partial charge on any atom is -0.399 e. The highest BCUT2D eigenvalue weighted by Crippen LogP contribution is 2.17. The van der Waals surface area contributed by atoms with Crippen molar-refractivity contribution in [2.45, 2.75) is 26.3 Å². The van der Waals surface area contributed by atoms with Crippen LogP contribution in [0.4, 0.5) is 11.4 Å². The Kier molecular flexibility index (Phi) is 5.44. The van der Waals surface area contributed by atoms with E-state index in [1.165, 1.54) is 5.69 Å². The summed E-state index contributed by atoms with van der Waals surface area (Å²) < 4.78 is 0. The topological polar surface area (TPSA) is 61.6 Å². The highest BCUT2D eigenvalue weighted by atomic mass is 16.2. The lowest BCUT2D eigenvalue weighted by molar-refractivity contribution is -0.122. The monoisotopic (exact) mass is 290 g/mol. The largest absolute Gasteiger partial charge is 0.399 e. The number of anilines is 2. The number of hydrogen-bond acceptors (Lipinski definition) is 4. The quantitative estimate of drug-likeness (QED) is 0.803. The molecule has 1 aliphatic rings. The van der Waals surface area contributed by atoms with Gasteiger partial charge in [-0.2, -0.15) is 0 Å². The van der Waals surface area contributed by atoms with Gasteiger partial charge in [-0.3, -0.25) is 9.69 Å². The Balaban J connectivity index is 1.78. The first-order valence-corrected chi connectivity index (χ1v) is 7.70. The highest BCUT2D eigenvalue weighted by Gasteiger charge is 2.19. The summed E-state index contributed by atoms with van der Waals surface area (Å²) in [5.74, 6) is 0.130. The second-order valence-corrected chi connectivity index (χ2v) is 5.73. The van der Waals surface area contributed by atoms with Crippen molar-refractivity contribution in [3.63, 3.8) is 0 Å². The van der Waals surface area contributed by atoms with Crippen LogP contribution < -0.4 is 16.0 Å². The Morgan fingerprint density at radius 3 is 2.43 bits per heavy atom. The number of benzene rings is 1. The minimum absolute atomic E-state index is 0.130. The van der Waals surface area contributed by atoms with E-state index in [2.05, 4.69) is 34.2 Å². The molecule has 0 aromatic heterocycles. The van der Waals surface area contributed by atoms with Crippen LogP contribution in [0.5, 0.6) is 0 Å². The normalized spacial score (nSPS) is 17.5. The zero-order chi connectivity index (χ0) is 15.2. The maximum Gasteiger partial charge on any atom is 0.234 e. The number of rotatable bonds is 5. The van der Waals surface area contributed by atoms with Gasteiger partial charge >= 0.3 is 0 Å². The average Bonchev–Trinajstić information content (AvgIpc) is 2.48. The first kappa shape index (κ1) is 15.6. The summed E-state index contributed by atoms with van der Waals surface area (Å²) in [5.41, 5.74) is 7.71. The van der Waals surface area contributed by atoms with Crippen molar-refractivity contribution in [3.05, 3.63) is 24.3 Å². The summed E-state index contributed by atoms with van der Waals surface area (Å²) in [6.07, 6.45) is 0.969. The third-order valence-electron chi connectivity index (χ3n) is 4.02. The fraction of sp³-hybridized carbons (Fsp3) is 0.562. The molecule has 1 atom stereocenters. The highest BCUT2D eigenvalue weighted by molar-refractivity contribution is 5.78. The van der Waals surface area contributed by atoms with E-state index in [1.807, 2.05) is 19.1 Å². The Morgan fingerprint density at radius 2 is 1.86 bits per heavy atom. The molecule has 0 bridgehead atoms. The summed E-state index contributed by atoms with van der Waals surface area (Å²) in [6.45, 7) is 8.34. The third-order valence-corrected chi connectivity index (χ3v) is 4.02. The van der Waals surface area contributed by atoms with E-state index < -0.39 is 0 Å². The predicted octanol–water partition coefficient (Wildman–Crippen LogP) is 1.31. The van der Waals surface area contributed by atoms with Crippen molar-refractivity contribution in [2.24, 2.45) is 0 Å². The zero-order valence-corrected chi connectivity index (χ0v) is 13.0. The summed E-state index contributed by atoms with van der Waals surface area (Å²) in [5, 5.41) is 3.02. The van der Waals surface area contributed by atoms with E-state index >= 15 is 0 Å². The van der Waals surface area contributed by atoms with Gasteiger partial charge in [0.15, 0.2) is 0 Å². The molecule has 3 N–H and O–H groups in total. The number of nitrogens with one attached hydrogen (secondary N) is 1. The first-order chi connectivity index (χ1) is 10.1. The van der Waals surface area contributed by atoms with E-state index in [1.54, 1.807) is 0 Å². The van der Waals surface area contributed by atoms with Gasteiger partial charge in [0.2, 0.25) is 5.91 Å². The molecule has 5 heteroatoms. The van der Waals surface area contributed by atoms with Crippen LogP contribution in [-0.2, 0) is 4.79 Å². The fourth-order valence-electron chi connectivity index (χ4n) is 2.47. The number of hydrogen-bond donors (Lipinski definition) is 2. The molecule has 1 heterocycles. The van der Waals surface area contributed by atoms with Gasteiger partial charge in [0.1, 0.15) is 0 Å². The molecular weight excluding hydrogens is 264 g/mol. The second kappa shape index (κ2) is 7.31. The van der Waals surface area contributed by atoms with E-state index in [0.29, 0.717) is 6.54 Å². The van der Waals surface area contributed by atoms with E-state index in [9.17, 15) is 4.79 Å². The number of nitrogens with two attached hydrogens (primary N) is 1. The van der Waals surface area contributed by atoms with Gasteiger partial charge in [0.25, 0.3) is 0 Å². The molecule has 5 nitrogen and oxygen atoms in total. The van der Waals surface area contributed by atoms with Crippen molar-refractivity contribution < 1.29 is 4.79 Å². The molecule has 0 saturated carbocycles. The minimum atomic E-state index is 0.130. The van der Waals surface area contributed by atoms with Gasteiger partial charge in [-0.25, -0.2) is 0 Å². The molecule has 1 aromatic rings. The van der Waals surface area contributed by atoms with Crippen LogP contribution >= 0.6 is 0 Å². The van der Waals surface area contributed by atoms with Crippen LogP contribution in [0.1, 0.15) is 20.3 Å². The van der Waals surface area contributed by atoms with Gasteiger partial charge in [-0.1, -0.05) is 6.92 Å². The predicted molar refractivity (Wildman–Crippen MR) is 87.4 cm³/mol. The molecule has 21 heavy (non-hydrogen) atoms. The van der Waals surface area contributed by atoms with Crippen LogP contribution in [0, 0.1) is 0 Å². The van der Waals surface area contributed by atoms with Crippen molar-refractivity contribution >= 4 is 17.3 Å². The number of amides is 1. The molecule has 0 aliphatic carbocycles. The summed E-state index contributed by atoms with van der Waals surface area (Å²) in [4.78, 5) is 16.4. The molecule has 1 unspecified atom stereocenters. The van der Waals surface area contributed by atoms with Gasteiger partial charge in [-0.05, 0) is 37.6 Å². The van der Waals surface area contributed by atoms with Crippen molar-refractivity contribution in [3.8, 4) is 0 Å². The molecular formula is C16H26N4O. The Hall–Kier alpha value is -1.75. The van der Waals surface area contributed by atoms with Crippen molar-refractivity contribution in [2.75, 3.05) is 43.4 Å². The maximum absolute atomic E-state index is 11.9. The molecule has 1 aromatic carbocycles. The molecule has 2 rings (SSSR count). The van der Waals surface area contributed by atoms with Gasteiger partial charge in [0, 0.05) is 43.6 Å². The summed E-state index contributed by atoms with van der Waals surface area (Å²) >= 11 is 0. The molecule has 0 spiro atoms. The average molecular weight is 290 g/mol. The van der Waals surface area contributed by atoms with E-state index in [4.69, 9.17) is 5.73 Å². The molecule has 1 saturated heterocycles. The molecule has 1 amide bonds. The molecule has 0 radical (unpaired) electrons. The molecule has 1 fully saturated rings. The summed E-state index contributed by atoms with van der Waals surface area (Å²) in [6, 6.07) is 8.23. The Morgan fingerprint density at radius 1 is 1.24 bits per heavy atom. The number of nitrogens with zero attached hydrogens (tertiary/aromatic N) is 2. The van der Waals surface area contributed by atoms with Crippen LogP contribution in [0.25, 0.3) is 0 Å². The standard InChI is InChI=1S/C16H26N4O/c1-3-13(2)18-16(21)12-19-8-10-20(11-9-19)15-6-4-14(17)5-7-15/h4-7,13H,3,8-12,17H2,1-2H3,(H,18,21). The number of carbonyl (C=O) groups excluding carboxylic acids is 1. The fourth-order valence-corrected chi connectivity index (χ4v) is 2.47. The van der Waals surface area contributed by atoms with Crippen molar-refractivity contribution in [1.29, 1.82) is 0 Å². The first-order valence-electron chi connectivity index (χ1n) is 7.70. The zero-order valence-electron chi connectivity index (χ0n) is 13.0. The third kappa shape index (κ3) is 4.63. The van der Waals surface area contributed by atoms with Crippen LogP contribution in [-0.4, -0.2) is 49.6 Å². The van der Waals surface area contributed by atoms with E-state index in [0.717, 1.165) is 38.3 Å². The molecule has 116 valence electrons. The Labute approximate surface area is 127 Å². The maximum atomic E-state index is 11.9. The van der Waals surface area contributed by atoms with Gasteiger partial charge in [0.05, 0.1) is 6.54 Å². The lowest BCUT2D eigenvalue weighted by atomic mass is 10.2. The van der Waals surface area contributed by atoms with Gasteiger partial charge < -0.3 is 16.0 Å². The molecule has 1 aliphatic heterocycles. The number of piperazine rings is 1. The smallest absolute Gasteiger partial charge is 0.234 e. The van der Waals surface area contributed by atoms with Gasteiger partial charge in [-0.15, -0.1) is 0 Å². The van der Waals surface area contributed by atoms with Crippen LogP contribution in [0.3, 0.4) is 0 Å². The Bertz CT molecular complexity index is 452.